The number of nitrogens with zero attached hydrogens (tertiary/aromatic N) is 1. The number of sulfonamides is 1. The Kier molecular flexibility index (Phi) is 5.86. The number of carbonyl (C=O) groups is 1. The second kappa shape index (κ2) is 8.41. The monoisotopic (exact) mass is 450 g/mol. The number of hydrogen-bond acceptors (Lipinski definition) is 4. The van der Waals surface area contributed by atoms with Gasteiger partial charge in [-0.3, -0.25) is 4.79 Å². The summed E-state index contributed by atoms with van der Waals surface area (Å²) in [6.45, 7) is 0.575. The molecule has 30 heavy (non-hydrogen) atoms. The zero-order chi connectivity index (χ0) is 21.3. The molecule has 1 aliphatic rings. The third-order valence-electron chi connectivity index (χ3n) is 5.35. The van der Waals surface area contributed by atoms with Gasteiger partial charge in [0.15, 0.2) is 0 Å². The van der Waals surface area contributed by atoms with Crippen molar-refractivity contribution in [2.75, 3.05) is 13.1 Å². The van der Waals surface area contributed by atoms with Gasteiger partial charge in [-0.15, -0.1) is 11.3 Å². The summed E-state index contributed by atoms with van der Waals surface area (Å²) in [7, 11) is -4.15. The lowest BCUT2D eigenvalue weighted by atomic mass is 9.97. The van der Waals surface area contributed by atoms with E-state index in [0.717, 1.165) is 32.1 Å². The molecule has 0 unspecified atom stereocenters. The van der Waals surface area contributed by atoms with E-state index in [-0.39, 0.29) is 24.9 Å². The highest BCUT2D eigenvalue weighted by molar-refractivity contribution is 7.89. The van der Waals surface area contributed by atoms with Crippen molar-refractivity contribution in [2.24, 2.45) is 5.92 Å². The van der Waals surface area contributed by atoms with Gasteiger partial charge in [0.1, 0.15) is 16.5 Å². The Morgan fingerprint density at radius 3 is 2.63 bits per heavy atom. The summed E-state index contributed by atoms with van der Waals surface area (Å²) in [5.41, 5.74) is 1.05. The minimum absolute atomic E-state index is 0.0811. The number of nitrogens with one attached hydrogen (secondary N) is 1. The molecule has 158 valence electrons. The van der Waals surface area contributed by atoms with E-state index in [1.807, 2.05) is 29.6 Å². The maximum Gasteiger partial charge on any atom is 0.246 e. The second-order valence-electron chi connectivity index (χ2n) is 7.23. The topological polar surface area (TPSA) is 66.5 Å². The lowest BCUT2D eigenvalue weighted by Gasteiger charge is -2.30. The normalized spacial score (nSPS) is 16.1. The van der Waals surface area contributed by atoms with Crippen LogP contribution in [-0.4, -0.2) is 31.7 Å². The van der Waals surface area contributed by atoms with Gasteiger partial charge in [0.25, 0.3) is 0 Å². The van der Waals surface area contributed by atoms with Crippen molar-refractivity contribution in [1.29, 1.82) is 0 Å². The fourth-order valence-electron chi connectivity index (χ4n) is 3.67. The van der Waals surface area contributed by atoms with E-state index < -0.39 is 26.6 Å². The van der Waals surface area contributed by atoms with Gasteiger partial charge in [0.05, 0.1) is 0 Å². The van der Waals surface area contributed by atoms with Crippen molar-refractivity contribution in [2.45, 2.75) is 24.3 Å². The SMILES string of the molecule is O=C(NCc1csc2ccccc12)C1CCN(S(=O)(=O)c2cc(F)ccc2F)CC1. The third kappa shape index (κ3) is 4.10. The van der Waals surface area contributed by atoms with Gasteiger partial charge in [0.2, 0.25) is 15.9 Å². The first-order chi connectivity index (χ1) is 14.4. The Morgan fingerprint density at radius 1 is 1.13 bits per heavy atom. The third-order valence-corrected chi connectivity index (χ3v) is 8.28. The molecule has 1 saturated heterocycles. The maximum atomic E-state index is 13.9. The van der Waals surface area contributed by atoms with Crippen LogP contribution in [0.1, 0.15) is 18.4 Å². The van der Waals surface area contributed by atoms with E-state index in [4.69, 9.17) is 0 Å². The molecule has 3 aromatic rings. The molecule has 1 N–H and O–H groups in total. The molecule has 1 aliphatic heterocycles. The Bertz CT molecular complexity index is 1190. The molecule has 0 aliphatic carbocycles. The number of benzene rings is 2. The van der Waals surface area contributed by atoms with Gasteiger partial charge in [0, 0.05) is 30.3 Å². The Labute approximate surface area is 177 Å². The van der Waals surface area contributed by atoms with Crippen molar-refractivity contribution in [3.8, 4) is 0 Å². The van der Waals surface area contributed by atoms with Crippen molar-refractivity contribution in [1.82, 2.24) is 9.62 Å². The van der Waals surface area contributed by atoms with Gasteiger partial charge in [-0.25, -0.2) is 17.2 Å². The molecule has 0 saturated carbocycles. The molecule has 1 amide bonds. The fraction of sp³-hybridized carbons (Fsp3) is 0.286. The first-order valence-corrected chi connectivity index (χ1v) is 11.9. The molecule has 0 radical (unpaired) electrons. The first kappa shape index (κ1) is 20.9. The van der Waals surface area contributed by atoms with E-state index >= 15 is 0 Å². The molecule has 1 aromatic heterocycles. The van der Waals surface area contributed by atoms with Gasteiger partial charge in [-0.1, -0.05) is 18.2 Å². The number of fused-ring (bicyclic) bond motifs is 1. The minimum atomic E-state index is -4.15. The summed E-state index contributed by atoms with van der Waals surface area (Å²) in [4.78, 5) is 11.9. The van der Waals surface area contributed by atoms with Crippen LogP contribution in [0.15, 0.2) is 52.7 Å². The van der Waals surface area contributed by atoms with Gasteiger partial charge in [-0.05, 0) is 53.4 Å². The quantitative estimate of drug-likeness (QED) is 0.641. The maximum absolute atomic E-state index is 13.9. The number of rotatable bonds is 5. The molecule has 4 rings (SSSR count). The highest BCUT2D eigenvalue weighted by Gasteiger charge is 2.33. The molecular formula is C21H20F2N2O3S2. The molecule has 1 fully saturated rings. The summed E-state index contributed by atoms with van der Waals surface area (Å²) in [6, 6.07) is 10.3. The number of carbonyl (C=O) groups excluding carboxylic acids is 1. The van der Waals surface area contributed by atoms with E-state index in [9.17, 15) is 22.0 Å². The van der Waals surface area contributed by atoms with Gasteiger partial charge >= 0.3 is 0 Å². The summed E-state index contributed by atoms with van der Waals surface area (Å²) in [5, 5.41) is 6.07. The number of thiophene rings is 1. The largest absolute Gasteiger partial charge is 0.352 e. The van der Waals surface area contributed by atoms with Crippen molar-refractivity contribution in [3.63, 3.8) is 0 Å². The number of halogens is 2. The molecule has 0 bridgehead atoms. The highest BCUT2D eigenvalue weighted by atomic mass is 32.2. The van der Waals surface area contributed by atoms with Crippen LogP contribution in [0.5, 0.6) is 0 Å². The van der Waals surface area contributed by atoms with Gasteiger partial charge in [-0.2, -0.15) is 4.31 Å². The van der Waals surface area contributed by atoms with E-state index in [1.165, 1.54) is 0 Å². The first-order valence-electron chi connectivity index (χ1n) is 9.54. The lowest BCUT2D eigenvalue weighted by Crippen LogP contribution is -2.43. The summed E-state index contributed by atoms with van der Waals surface area (Å²) in [5.74, 6) is -2.25. The zero-order valence-electron chi connectivity index (χ0n) is 16.0. The number of hydrogen-bond donors (Lipinski definition) is 1. The molecular weight excluding hydrogens is 430 g/mol. The van der Waals surface area contributed by atoms with E-state index in [1.54, 1.807) is 11.3 Å². The molecule has 2 heterocycles. The number of piperidine rings is 1. The Balaban J connectivity index is 1.37. The van der Waals surface area contributed by atoms with Crippen LogP contribution in [0, 0.1) is 17.6 Å². The minimum Gasteiger partial charge on any atom is -0.352 e. The Hall–Kier alpha value is -2.36. The predicted molar refractivity (Wildman–Crippen MR) is 112 cm³/mol. The van der Waals surface area contributed by atoms with E-state index in [0.29, 0.717) is 25.5 Å². The van der Waals surface area contributed by atoms with Gasteiger partial charge < -0.3 is 5.32 Å². The van der Waals surface area contributed by atoms with Crippen LogP contribution >= 0.6 is 11.3 Å². The zero-order valence-corrected chi connectivity index (χ0v) is 17.6. The molecule has 2 aromatic carbocycles. The smallest absolute Gasteiger partial charge is 0.246 e. The number of amides is 1. The lowest BCUT2D eigenvalue weighted by molar-refractivity contribution is -0.126. The average Bonchev–Trinajstić information content (AvgIpc) is 3.17. The van der Waals surface area contributed by atoms with Crippen LogP contribution in [0.2, 0.25) is 0 Å². The van der Waals surface area contributed by atoms with Crippen LogP contribution in [0.3, 0.4) is 0 Å². The van der Waals surface area contributed by atoms with Crippen LogP contribution in [0.4, 0.5) is 8.78 Å². The van der Waals surface area contributed by atoms with Crippen molar-refractivity contribution in [3.05, 3.63) is 65.0 Å². The fourth-order valence-corrected chi connectivity index (χ4v) is 6.18. The van der Waals surface area contributed by atoms with Crippen LogP contribution in [-0.2, 0) is 21.4 Å². The molecule has 0 atom stereocenters. The van der Waals surface area contributed by atoms with Crippen molar-refractivity contribution >= 4 is 37.4 Å². The highest BCUT2D eigenvalue weighted by Crippen LogP contribution is 2.27. The van der Waals surface area contributed by atoms with Crippen LogP contribution in [0.25, 0.3) is 10.1 Å². The molecule has 0 spiro atoms. The standard InChI is InChI=1S/C21H20F2N2O3S2/c22-16-5-6-18(23)20(11-16)30(27,28)25-9-7-14(8-10-25)21(26)24-12-15-13-29-19-4-2-1-3-17(15)19/h1-6,11,13-14H,7-10,12H2,(H,24,26). The summed E-state index contributed by atoms with van der Waals surface area (Å²) < 4.78 is 54.9. The summed E-state index contributed by atoms with van der Waals surface area (Å²) >= 11 is 1.62. The average molecular weight is 451 g/mol. The van der Waals surface area contributed by atoms with Crippen molar-refractivity contribution < 1.29 is 22.0 Å². The van der Waals surface area contributed by atoms with Crippen LogP contribution < -0.4 is 5.32 Å². The predicted octanol–water partition coefficient (Wildman–Crippen LogP) is 3.90. The molecule has 5 nitrogen and oxygen atoms in total. The van der Waals surface area contributed by atoms with E-state index in [2.05, 4.69) is 5.32 Å². The second-order valence-corrected chi connectivity index (χ2v) is 10.0. The summed E-state index contributed by atoms with van der Waals surface area (Å²) in [6.07, 6.45) is 0.652. The molecule has 9 heteroatoms. The Morgan fingerprint density at radius 2 is 1.87 bits per heavy atom.